The lowest BCUT2D eigenvalue weighted by Gasteiger charge is -2.24. The van der Waals surface area contributed by atoms with E-state index in [1.807, 2.05) is 13.8 Å². The Morgan fingerprint density at radius 1 is 1.09 bits per heavy atom. The van der Waals surface area contributed by atoms with Crippen LogP contribution in [0.5, 0.6) is 0 Å². The van der Waals surface area contributed by atoms with Crippen LogP contribution < -0.4 is 16.0 Å². The van der Waals surface area contributed by atoms with Crippen molar-refractivity contribution >= 4 is 11.9 Å². The first-order chi connectivity index (χ1) is 11.0. The van der Waals surface area contributed by atoms with Crippen LogP contribution in [0.15, 0.2) is 4.99 Å². The number of nitrogens with one attached hydrogen (secondary N) is 3. The van der Waals surface area contributed by atoms with Crippen LogP contribution in [0.4, 0.5) is 0 Å². The van der Waals surface area contributed by atoms with E-state index in [2.05, 4.69) is 27.9 Å². The fourth-order valence-corrected chi connectivity index (χ4v) is 3.03. The average Bonchev–Trinajstić information content (AvgIpc) is 2.56. The fourth-order valence-electron chi connectivity index (χ4n) is 3.03. The second-order valence-corrected chi connectivity index (χ2v) is 7.07. The molecular formula is C18H36N4O. The molecule has 1 fully saturated rings. The Bertz CT molecular complexity index is 362. The van der Waals surface area contributed by atoms with Gasteiger partial charge in [0, 0.05) is 32.1 Å². The second kappa shape index (κ2) is 11.3. The molecule has 23 heavy (non-hydrogen) atoms. The standard InChI is InChI=1S/C18H36N4O/c1-14(2)17(23)20-12-13-21-18(19-4)22-15(3)10-11-16-8-6-5-7-9-16/h14-16H,5-13H2,1-4H3,(H,20,23)(H2,19,21,22). The van der Waals surface area contributed by atoms with E-state index >= 15 is 0 Å². The quantitative estimate of drug-likeness (QED) is 0.365. The summed E-state index contributed by atoms with van der Waals surface area (Å²) in [5.41, 5.74) is 0. The summed E-state index contributed by atoms with van der Waals surface area (Å²) in [6.07, 6.45) is 9.58. The van der Waals surface area contributed by atoms with Crippen molar-refractivity contribution < 1.29 is 4.79 Å². The van der Waals surface area contributed by atoms with Crippen molar-refractivity contribution in [3.05, 3.63) is 0 Å². The van der Waals surface area contributed by atoms with Gasteiger partial charge in [-0.25, -0.2) is 0 Å². The number of aliphatic imine (C=N–C) groups is 1. The summed E-state index contributed by atoms with van der Waals surface area (Å²) in [5, 5.41) is 9.60. The highest BCUT2D eigenvalue weighted by Crippen LogP contribution is 2.27. The van der Waals surface area contributed by atoms with E-state index in [4.69, 9.17) is 0 Å². The van der Waals surface area contributed by atoms with Gasteiger partial charge >= 0.3 is 0 Å². The van der Waals surface area contributed by atoms with E-state index in [1.54, 1.807) is 7.05 Å². The molecule has 5 nitrogen and oxygen atoms in total. The van der Waals surface area contributed by atoms with Crippen LogP contribution in [-0.2, 0) is 4.79 Å². The summed E-state index contributed by atoms with van der Waals surface area (Å²) >= 11 is 0. The zero-order valence-corrected chi connectivity index (χ0v) is 15.5. The van der Waals surface area contributed by atoms with Gasteiger partial charge in [0.25, 0.3) is 0 Å². The number of hydrogen-bond acceptors (Lipinski definition) is 2. The highest BCUT2D eigenvalue weighted by atomic mass is 16.1. The molecule has 134 valence electrons. The Morgan fingerprint density at radius 2 is 1.74 bits per heavy atom. The summed E-state index contributed by atoms with van der Waals surface area (Å²) in [7, 11) is 1.79. The summed E-state index contributed by atoms with van der Waals surface area (Å²) in [4.78, 5) is 15.7. The first-order valence-electron chi connectivity index (χ1n) is 9.27. The number of amides is 1. The minimum absolute atomic E-state index is 0.0345. The number of carbonyl (C=O) groups excluding carboxylic acids is 1. The number of nitrogens with zero attached hydrogens (tertiary/aromatic N) is 1. The monoisotopic (exact) mass is 324 g/mol. The molecule has 3 N–H and O–H groups in total. The van der Waals surface area contributed by atoms with Crippen molar-refractivity contribution in [1.82, 2.24) is 16.0 Å². The van der Waals surface area contributed by atoms with Gasteiger partial charge in [0.1, 0.15) is 0 Å². The topological polar surface area (TPSA) is 65.5 Å². The molecule has 0 aromatic carbocycles. The van der Waals surface area contributed by atoms with Crippen molar-refractivity contribution in [2.45, 2.75) is 71.8 Å². The maximum absolute atomic E-state index is 11.5. The summed E-state index contributed by atoms with van der Waals surface area (Å²) in [5.74, 6) is 1.87. The predicted octanol–water partition coefficient (Wildman–Crippen LogP) is 2.67. The maximum Gasteiger partial charge on any atom is 0.222 e. The van der Waals surface area contributed by atoms with Crippen LogP contribution in [0.2, 0.25) is 0 Å². The molecule has 0 heterocycles. The Balaban J connectivity index is 2.15. The molecule has 1 aliphatic rings. The largest absolute Gasteiger partial charge is 0.355 e. The molecule has 0 aliphatic heterocycles. The van der Waals surface area contributed by atoms with Gasteiger partial charge < -0.3 is 16.0 Å². The van der Waals surface area contributed by atoms with Gasteiger partial charge in [0.2, 0.25) is 5.91 Å². The van der Waals surface area contributed by atoms with Gasteiger partial charge in [-0.2, -0.15) is 0 Å². The Morgan fingerprint density at radius 3 is 2.35 bits per heavy atom. The molecule has 1 aliphatic carbocycles. The minimum atomic E-state index is 0.0345. The normalized spacial score (nSPS) is 17.9. The lowest BCUT2D eigenvalue weighted by atomic mass is 9.85. The van der Waals surface area contributed by atoms with Gasteiger partial charge in [0.15, 0.2) is 5.96 Å². The van der Waals surface area contributed by atoms with E-state index in [1.165, 1.54) is 44.9 Å². The van der Waals surface area contributed by atoms with E-state index in [9.17, 15) is 4.79 Å². The van der Waals surface area contributed by atoms with Gasteiger partial charge in [-0.05, 0) is 25.7 Å². The van der Waals surface area contributed by atoms with E-state index in [0.717, 1.165) is 11.9 Å². The van der Waals surface area contributed by atoms with Gasteiger partial charge in [-0.3, -0.25) is 9.79 Å². The Labute approximate surface area is 142 Å². The van der Waals surface area contributed by atoms with Crippen molar-refractivity contribution in [3.8, 4) is 0 Å². The van der Waals surface area contributed by atoms with E-state index in [0.29, 0.717) is 19.1 Å². The molecule has 0 aromatic rings. The first kappa shape index (κ1) is 19.8. The summed E-state index contributed by atoms with van der Waals surface area (Å²) in [6, 6.07) is 0.424. The van der Waals surface area contributed by atoms with Crippen LogP contribution in [0.25, 0.3) is 0 Å². The zero-order chi connectivity index (χ0) is 17.1. The van der Waals surface area contributed by atoms with Gasteiger partial charge in [-0.1, -0.05) is 46.0 Å². The maximum atomic E-state index is 11.5. The van der Waals surface area contributed by atoms with Crippen LogP contribution in [-0.4, -0.2) is 38.0 Å². The lowest BCUT2D eigenvalue weighted by molar-refractivity contribution is -0.123. The predicted molar refractivity (Wildman–Crippen MR) is 97.6 cm³/mol. The average molecular weight is 325 g/mol. The SMILES string of the molecule is CN=C(NCCNC(=O)C(C)C)NC(C)CCC1CCCCC1. The summed E-state index contributed by atoms with van der Waals surface area (Å²) < 4.78 is 0. The third-order valence-corrected chi connectivity index (χ3v) is 4.58. The molecule has 1 atom stereocenters. The van der Waals surface area contributed by atoms with Crippen LogP contribution in [0.3, 0.4) is 0 Å². The van der Waals surface area contributed by atoms with Crippen LogP contribution in [0.1, 0.15) is 65.7 Å². The Hall–Kier alpha value is -1.26. The lowest BCUT2D eigenvalue weighted by Crippen LogP contribution is -2.45. The van der Waals surface area contributed by atoms with E-state index < -0.39 is 0 Å². The van der Waals surface area contributed by atoms with Crippen molar-refractivity contribution in [2.24, 2.45) is 16.8 Å². The zero-order valence-electron chi connectivity index (χ0n) is 15.5. The Kier molecular flexibility index (Phi) is 9.72. The summed E-state index contributed by atoms with van der Waals surface area (Å²) in [6.45, 7) is 7.33. The minimum Gasteiger partial charge on any atom is -0.355 e. The number of hydrogen-bond donors (Lipinski definition) is 3. The second-order valence-electron chi connectivity index (χ2n) is 7.07. The number of rotatable bonds is 8. The molecule has 0 aromatic heterocycles. The third-order valence-electron chi connectivity index (χ3n) is 4.58. The number of guanidine groups is 1. The van der Waals surface area contributed by atoms with Crippen LogP contribution >= 0.6 is 0 Å². The molecule has 0 radical (unpaired) electrons. The molecular weight excluding hydrogens is 288 g/mol. The van der Waals surface area contributed by atoms with Crippen LogP contribution in [0, 0.1) is 11.8 Å². The molecule has 5 heteroatoms. The van der Waals surface area contributed by atoms with Gasteiger partial charge in [0.05, 0.1) is 0 Å². The molecule has 1 unspecified atom stereocenters. The smallest absolute Gasteiger partial charge is 0.222 e. The fraction of sp³-hybridized carbons (Fsp3) is 0.889. The molecule has 0 saturated heterocycles. The molecule has 0 spiro atoms. The highest BCUT2D eigenvalue weighted by Gasteiger charge is 2.15. The first-order valence-corrected chi connectivity index (χ1v) is 9.27. The highest BCUT2D eigenvalue weighted by molar-refractivity contribution is 5.80. The van der Waals surface area contributed by atoms with Crippen molar-refractivity contribution in [2.75, 3.05) is 20.1 Å². The molecule has 1 rings (SSSR count). The molecule has 1 amide bonds. The van der Waals surface area contributed by atoms with Crippen molar-refractivity contribution in [3.63, 3.8) is 0 Å². The van der Waals surface area contributed by atoms with Gasteiger partial charge in [-0.15, -0.1) is 0 Å². The molecule has 0 bridgehead atoms. The molecule has 1 saturated carbocycles. The van der Waals surface area contributed by atoms with Crippen molar-refractivity contribution in [1.29, 1.82) is 0 Å². The van der Waals surface area contributed by atoms with E-state index in [-0.39, 0.29) is 11.8 Å². The third kappa shape index (κ3) is 8.82. The number of carbonyl (C=O) groups is 1.